The van der Waals surface area contributed by atoms with E-state index in [0.717, 1.165) is 0 Å². The summed E-state index contributed by atoms with van der Waals surface area (Å²) >= 11 is 0. The lowest BCUT2D eigenvalue weighted by Crippen LogP contribution is -2.37. The quantitative estimate of drug-likeness (QED) is 0.477. The largest absolute Gasteiger partial charge is 0.391 e. The Balaban J connectivity index is 2.60. The Hall–Kier alpha value is -0.200. The Morgan fingerprint density at radius 2 is 1.92 bits per heavy atom. The number of hydrogen-bond acceptors (Lipinski definition) is 5. The number of aliphatic hydroxyl groups excluding tert-OH is 3. The average Bonchev–Trinajstić information content (AvgIpc) is 2.30. The molecular weight excluding hydrogens is 164 g/mol. The van der Waals surface area contributed by atoms with E-state index >= 15 is 0 Å². The molecule has 0 aliphatic carbocycles. The second-order valence-corrected chi connectivity index (χ2v) is 2.93. The summed E-state index contributed by atoms with van der Waals surface area (Å²) in [4.78, 5) is 0. The van der Waals surface area contributed by atoms with Crippen molar-refractivity contribution in [2.24, 2.45) is 0 Å². The minimum atomic E-state index is -1.09. The van der Waals surface area contributed by atoms with Crippen LogP contribution in [0.25, 0.3) is 0 Å². The van der Waals surface area contributed by atoms with Gasteiger partial charge in [0.25, 0.3) is 0 Å². The molecule has 0 saturated carbocycles. The van der Waals surface area contributed by atoms with Gasteiger partial charge in [0.15, 0.2) is 6.29 Å². The summed E-state index contributed by atoms with van der Waals surface area (Å²) in [5.74, 6) is 0. The fourth-order valence-electron chi connectivity index (χ4n) is 1.27. The van der Waals surface area contributed by atoms with Crippen molar-refractivity contribution < 1.29 is 24.8 Å². The second kappa shape index (κ2) is 3.68. The van der Waals surface area contributed by atoms with Gasteiger partial charge in [-0.05, 0) is 6.92 Å². The highest BCUT2D eigenvalue weighted by molar-refractivity contribution is 4.89. The zero-order valence-corrected chi connectivity index (χ0v) is 7.04. The van der Waals surface area contributed by atoms with Crippen molar-refractivity contribution in [1.29, 1.82) is 0 Å². The van der Waals surface area contributed by atoms with Crippen LogP contribution in [-0.4, -0.2) is 53.1 Å². The topological polar surface area (TPSA) is 79.2 Å². The first kappa shape index (κ1) is 9.88. The van der Waals surface area contributed by atoms with Gasteiger partial charge in [-0.3, -0.25) is 0 Å². The number of rotatable bonds is 2. The van der Waals surface area contributed by atoms with Crippen LogP contribution < -0.4 is 0 Å². The Morgan fingerprint density at radius 1 is 1.33 bits per heavy atom. The molecule has 0 amide bonds. The Kier molecular flexibility index (Phi) is 3.03. The highest BCUT2D eigenvalue weighted by Gasteiger charge is 2.44. The highest BCUT2D eigenvalue weighted by atomic mass is 16.7. The predicted octanol–water partition coefficient (Wildman–Crippen LogP) is -1.54. The zero-order valence-electron chi connectivity index (χ0n) is 7.04. The van der Waals surface area contributed by atoms with Crippen molar-refractivity contribution in [2.45, 2.75) is 37.6 Å². The third-order valence-corrected chi connectivity index (χ3v) is 1.96. The minimum absolute atomic E-state index is 0.773. The summed E-state index contributed by atoms with van der Waals surface area (Å²) < 4.78 is 9.76. The van der Waals surface area contributed by atoms with Gasteiger partial charge in [-0.2, -0.15) is 0 Å². The molecule has 1 rings (SSSR count). The van der Waals surface area contributed by atoms with Crippen LogP contribution in [0.2, 0.25) is 0 Å². The van der Waals surface area contributed by atoms with Crippen LogP contribution in [0.3, 0.4) is 0 Å². The summed E-state index contributed by atoms with van der Waals surface area (Å²) in [7, 11) is 1.37. The van der Waals surface area contributed by atoms with E-state index in [9.17, 15) is 10.2 Å². The molecule has 1 saturated heterocycles. The van der Waals surface area contributed by atoms with E-state index in [2.05, 4.69) is 0 Å². The highest BCUT2D eigenvalue weighted by Crippen LogP contribution is 2.23. The van der Waals surface area contributed by atoms with Gasteiger partial charge >= 0.3 is 0 Å². The van der Waals surface area contributed by atoms with E-state index in [1.807, 2.05) is 0 Å². The first-order valence-corrected chi connectivity index (χ1v) is 3.80. The summed E-state index contributed by atoms with van der Waals surface area (Å²) in [6.45, 7) is 1.48. The Labute approximate surface area is 70.5 Å². The number of hydrogen-bond donors (Lipinski definition) is 3. The van der Waals surface area contributed by atoms with Crippen LogP contribution in [0.15, 0.2) is 0 Å². The maximum atomic E-state index is 9.31. The van der Waals surface area contributed by atoms with Gasteiger partial charge in [0, 0.05) is 7.11 Å². The maximum absolute atomic E-state index is 9.31. The molecule has 1 fully saturated rings. The van der Waals surface area contributed by atoms with Crippen LogP contribution in [-0.2, 0) is 9.47 Å². The summed E-state index contributed by atoms with van der Waals surface area (Å²) in [5, 5.41) is 27.7. The Morgan fingerprint density at radius 3 is 2.17 bits per heavy atom. The molecule has 0 unspecified atom stereocenters. The molecule has 0 spiro atoms. The molecule has 0 radical (unpaired) electrons. The van der Waals surface area contributed by atoms with Crippen molar-refractivity contribution >= 4 is 0 Å². The van der Waals surface area contributed by atoms with E-state index in [4.69, 9.17) is 14.6 Å². The number of methoxy groups -OCH3 is 1. The zero-order chi connectivity index (χ0) is 9.30. The van der Waals surface area contributed by atoms with Gasteiger partial charge in [0.2, 0.25) is 0 Å². The smallest absolute Gasteiger partial charge is 0.186 e. The molecule has 0 aromatic heterocycles. The van der Waals surface area contributed by atoms with Crippen LogP contribution in [0.4, 0.5) is 0 Å². The standard InChI is InChI=1S/C7H14O5/c1-3(8)6-4(9)5(10)7(11-2)12-6/h3-10H,1-2H3/t3-,4-,5+,6-,7+/m1/s1. The van der Waals surface area contributed by atoms with Crippen molar-refractivity contribution in [3.63, 3.8) is 0 Å². The lowest BCUT2D eigenvalue weighted by atomic mass is 10.1. The molecule has 0 bridgehead atoms. The molecule has 3 N–H and O–H groups in total. The summed E-state index contributed by atoms with van der Waals surface area (Å²) in [6, 6.07) is 0. The van der Waals surface area contributed by atoms with Crippen molar-refractivity contribution in [2.75, 3.05) is 7.11 Å². The van der Waals surface area contributed by atoms with E-state index in [-0.39, 0.29) is 0 Å². The fourth-order valence-corrected chi connectivity index (χ4v) is 1.27. The van der Waals surface area contributed by atoms with Gasteiger partial charge in [0.05, 0.1) is 6.10 Å². The van der Waals surface area contributed by atoms with Gasteiger partial charge < -0.3 is 24.8 Å². The normalized spacial score (nSPS) is 44.8. The summed E-state index contributed by atoms with van der Waals surface area (Å²) in [5.41, 5.74) is 0. The lowest BCUT2D eigenvalue weighted by molar-refractivity contribution is -0.161. The van der Waals surface area contributed by atoms with E-state index in [0.29, 0.717) is 0 Å². The van der Waals surface area contributed by atoms with Crippen molar-refractivity contribution in [1.82, 2.24) is 0 Å². The second-order valence-electron chi connectivity index (χ2n) is 2.93. The fraction of sp³-hybridized carbons (Fsp3) is 1.00. The Bertz CT molecular complexity index is 149. The van der Waals surface area contributed by atoms with E-state index in [1.165, 1.54) is 14.0 Å². The average molecular weight is 178 g/mol. The molecular formula is C7H14O5. The minimum Gasteiger partial charge on any atom is -0.391 e. The van der Waals surface area contributed by atoms with Crippen molar-refractivity contribution in [3.8, 4) is 0 Å². The number of ether oxygens (including phenoxy) is 2. The van der Waals surface area contributed by atoms with Crippen LogP contribution >= 0.6 is 0 Å². The van der Waals surface area contributed by atoms with Crippen molar-refractivity contribution in [3.05, 3.63) is 0 Å². The van der Waals surface area contributed by atoms with Gasteiger partial charge in [0.1, 0.15) is 18.3 Å². The predicted molar refractivity (Wildman–Crippen MR) is 39.4 cm³/mol. The third kappa shape index (κ3) is 1.60. The molecule has 1 aliphatic rings. The third-order valence-electron chi connectivity index (χ3n) is 1.96. The monoisotopic (exact) mass is 178 g/mol. The van der Waals surface area contributed by atoms with Crippen LogP contribution in [0.1, 0.15) is 6.92 Å². The van der Waals surface area contributed by atoms with Crippen LogP contribution in [0, 0.1) is 0 Å². The van der Waals surface area contributed by atoms with Gasteiger partial charge in [-0.15, -0.1) is 0 Å². The maximum Gasteiger partial charge on any atom is 0.186 e. The molecule has 5 atom stereocenters. The molecule has 5 nitrogen and oxygen atoms in total. The van der Waals surface area contributed by atoms with E-state index in [1.54, 1.807) is 0 Å². The SMILES string of the molecule is CO[C@H]1O[C@H]([C@@H](C)O)[C@H](O)[C@@H]1O. The molecule has 5 heteroatoms. The molecule has 0 aromatic rings. The van der Waals surface area contributed by atoms with E-state index < -0.39 is 30.7 Å². The summed E-state index contributed by atoms with van der Waals surface area (Å²) in [6.07, 6.45) is -4.62. The molecule has 1 aliphatic heterocycles. The first-order valence-electron chi connectivity index (χ1n) is 3.80. The molecule has 1 heterocycles. The van der Waals surface area contributed by atoms with Crippen LogP contribution in [0.5, 0.6) is 0 Å². The lowest BCUT2D eigenvalue weighted by Gasteiger charge is -2.16. The molecule has 12 heavy (non-hydrogen) atoms. The van der Waals surface area contributed by atoms with Gasteiger partial charge in [-0.1, -0.05) is 0 Å². The first-order chi connectivity index (χ1) is 5.57. The molecule has 72 valence electrons. The van der Waals surface area contributed by atoms with Gasteiger partial charge in [-0.25, -0.2) is 0 Å². The number of aliphatic hydroxyl groups is 3. The molecule has 0 aromatic carbocycles.